The number of benzene rings is 1. The number of aryl methyl sites for hydroxylation is 1. The molecule has 1 N–H and O–H groups in total. The highest BCUT2D eigenvalue weighted by Gasteiger charge is 2.32. The van der Waals surface area contributed by atoms with E-state index in [1.165, 1.54) is 18.2 Å². The average Bonchev–Trinajstić information content (AvgIpc) is 3.21. The quantitative estimate of drug-likeness (QED) is 0.900. The Balaban J connectivity index is 1.80. The van der Waals surface area contributed by atoms with E-state index in [-0.39, 0.29) is 29.1 Å². The molecule has 0 spiro atoms. The molecular formula is C19H20FNO4. The first-order valence-corrected chi connectivity index (χ1v) is 8.41. The van der Waals surface area contributed by atoms with Gasteiger partial charge in [0.05, 0.1) is 0 Å². The van der Waals surface area contributed by atoms with Crippen molar-refractivity contribution in [3.63, 3.8) is 0 Å². The zero-order valence-corrected chi connectivity index (χ0v) is 14.0. The summed E-state index contributed by atoms with van der Waals surface area (Å²) in [6, 6.07) is 7.63. The molecule has 0 aliphatic carbocycles. The number of carboxylic acids is 1. The Morgan fingerprint density at radius 1 is 1.36 bits per heavy atom. The number of amides is 1. The molecule has 1 aliphatic heterocycles. The van der Waals surface area contributed by atoms with Crippen LogP contribution in [0.15, 0.2) is 34.7 Å². The van der Waals surface area contributed by atoms with Crippen molar-refractivity contribution < 1.29 is 23.5 Å². The summed E-state index contributed by atoms with van der Waals surface area (Å²) in [7, 11) is 0. The highest BCUT2D eigenvalue weighted by Crippen LogP contribution is 2.26. The molecule has 25 heavy (non-hydrogen) atoms. The molecule has 0 bridgehead atoms. The molecule has 6 heteroatoms. The highest BCUT2D eigenvalue weighted by molar-refractivity contribution is 5.96. The Bertz CT molecular complexity index is 798. The van der Waals surface area contributed by atoms with Crippen molar-refractivity contribution in [2.24, 2.45) is 0 Å². The van der Waals surface area contributed by atoms with Crippen LogP contribution in [0.3, 0.4) is 0 Å². The highest BCUT2D eigenvalue weighted by atomic mass is 19.1. The first-order valence-electron chi connectivity index (χ1n) is 8.41. The number of hydrogen-bond donors (Lipinski definition) is 1. The zero-order valence-electron chi connectivity index (χ0n) is 14.0. The SMILES string of the molecule is CCc1oc(C(=O)N2CCCC2Cc2cccc(F)c2)cc1C(=O)O. The van der Waals surface area contributed by atoms with Crippen LogP contribution in [-0.2, 0) is 12.8 Å². The number of nitrogens with zero attached hydrogens (tertiary/aromatic N) is 1. The van der Waals surface area contributed by atoms with Crippen LogP contribution in [0.4, 0.5) is 4.39 Å². The molecule has 5 nitrogen and oxygen atoms in total. The van der Waals surface area contributed by atoms with Crippen LogP contribution in [0.1, 0.15) is 52.0 Å². The molecule has 2 heterocycles. The molecule has 3 rings (SSSR count). The van der Waals surface area contributed by atoms with Crippen LogP contribution in [0.25, 0.3) is 0 Å². The van der Waals surface area contributed by atoms with Gasteiger partial charge in [0.1, 0.15) is 17.1 Å². The van der Waals surface area contributed by atoms with Crippen molar-refractivity contribution in [2.45, 2.75) is 38.6 Å². The fraction of sp³-hybridized carbons (Fsp3) is 0.368. The smallest absolute Gasteiger partial charge is 0.339 e. The molecule has 1 fully saturated rings. The molecule has 1 aliphatic rings. The normalized spacial score (nSPS) is 17.0. The number of rotatable bonds is 5. The van der Waals surface area contributed by atoms with E-state index in [0.717, 1.165) is 18.4 Å². The Kier molecular flexibility index (Phi) is 4.88. The van der Waals surface area contributed by atoms with Crippen molar-refractivity contribution >= 4 is 11.9 Å². The van der Waals surface area contributed by atoms with Gasteiger partial charge in [-0.2, -0.15) is 0 Å². The second-order valence-electron chi connectivity index (χ2n) is 6.23. The third kappa shape index (κ3) is 3.57. The Labute approximate surface area is 145 Å². The maximum Gasteiger partial charge on any atom is 0.339 e. The minimum absolute atomic E-state index is 0.0340. The monoisotopic (exact) mass is 345 g/mol. The number of carboxylic acid groups (broad SMARTS) is 1. The fourth-order valence-electron chi connectivity index (χ4n) is 3.37. The second-order valence-corrected chi connectivity index (χ2v) is 6.23. The van der Waals surface area contributed by atoms with E-state index < -0.39 is 5.97 Å². The van der Waals surface area contributed by atoms with Gasteiger partial charge in [0.25, 0.3) is 5.91 Å². The van der Waals surface area contributed by atoms with Gasteiger partial charge >= 0.3 is 5.97 Å². The van der Waals surface area contributed by atoms with Gasteiger partial charge in [-0.15, -0.1) is 0 Å². The van der Waals surface area contributed by atoms with Crippen LogP contribution < -0.4 is 0 Å². The van der Waals surface area contributed by atoms with Crippen LogP contribution >= 0.6 is 0 Å². The fourth-order valence-corrected chi connectivity index (χ4v) is 3.37. The summed E-state index contributed by atoms with van der Waals surface area (Å²) < 4.78 is 18.9. The summed E-state index contributed by atoms with van der Waals surface area (Å²) in [5.41, 5.74) is 0.872. The Morgan fingerprint density at radius 2 is 2.16 bits per heavy atom. The maximum absolute atomic E-state index is 13.4. The predicted molar refractivity (Wildman–Crippen MR) is 89.2 cm³/mol. The number of furan rings is 1. The van der Waals surface area contributed by atoms with Gasteiger partial charge < -0.3 is 14.4 Å². The first-order chi connectivity index (χ1) is 12.0. The third-order valence-corrected chi connectivity index (χ3v) is 4.57. The number of halogens is 1. The number of carbonyl (C=O) groups is 2. The van der Waals surface area contributed by atoms with Crippen LogP contribution in [0.2, 0.25) is 0 Å². The van der Waals surface area contributed by atoms with Crippen molar-refractivity contribution in [3.8, 4) is 0 Å². The van der Waals surface area contributed by atoms with E-state index in [2.05, 4.69) is 0 Å². The Hall–Kier alpha value is -2.63. The minimum Gasteiger partial charge on any atom is -0.478 e. The lowest BCUT2D eigenvalue weighted by Crippen LogP contribution is -2.36. The number of carbonyl (C=O) groups excluding carboxylic acids is 1. The van der Waals surface area contributed by atoms with E-state index >= 15 is 0 Å². The lowest BCUT2D eigenvalue weighted by Gasteiger charge is -2.24. The molecule has 2 aromatic rings. The lowest BCUT2D eigenvalue weighted by molar-refractivity contribution is 0.0687. The van der Waals surface area contributed by atoms with Gasteiger partial charge in [0, 0.05) is 25.1 Å². The molecule has 0 saturated carbocycles. The second kappa shape index (κ2) is 7.09. The van der Waals surface area contributed by atoms with Crippen LogP contribution in [0.5, 0.6) is 0 Å². The summed E-state index contributed by atoms with van der Waals surface area (Å²) in [5.74, 6) is -1.34. The summed E-state index contributed by atoms with van der Waals surface area (Å²) in [6.07, 6.45) is 2.66. The summed E-state index contributed by atoms with van der Waals surface area (Å²) in [6.45, 7) is 2.37. The van der Waals surface area contributed by atoms with E-state index in [1.54, 1.807) is 17.9 Å². The molecule has 1 amide bonds. The third-order valence-electron chi connectivity index (χ3n) is 4.57. The topological polar surface area (TPSA) is 70.8 Å². The van der Waals surface area contributed by atoms with Gasteiger partial charge in [0.15, 0.2) is 5.76 Å². The molecule has 1 saturated heterocycles. The van der Waals surface area contributed by atoms with E-state index in [0.29, 0.717) is 25.1 Å². The molecule has 1 aromatic carbocycles. The van der Waals surface area contributed by atoms with Gasteiger partial charge in [-0.1, -0.05) is 19.1 Å². The van der Waals surface area contributed by atoms with Gasteiger partial charge in [-0.05, 0) is 37.0 Å². The van der Waals surface area contributed by atoms with Gasteiger partial charge in [0.2, 0.25) is 0 Å². The molecule has 1 unspecified atom stereocenters. The van der Waals surface area contributed by atoms with E-state index in [1.807, 2.05) is 6.07 Å². The summed E-state index contributed by atoms with van der Waals surface area (Å²) in [4.78, 5) is 25.7. The summed E-state index contributed by atoms with van der Waals surface area (Å²) in [5, 5.41) is 9.21. The van der Waals surface area contributed by atoms with Crippen molar-refractivity contribution in [3.05, 3.63) is 58.8 Å². The predicted octanol–water partition coefficient (Wildman–Crippen LogP) is 3.53. The molecule has 1 atom stereocenters. The molecule has 1 aromatic heterocycles. The van der Waals surface area contributed by atoms with Gasteiger partial charge in [-0.25, -0.2) is 9.18 Å². The van der Waals surface area contributed by atoms with Gasteiger partial charge in [-0.3, -0.25) is 4.79 Å². The average molecular weight is 345 g/mol. The van der Waals surface area contributed by atoms with Crippen molar-refractivity contribution in [2.75, 3.05) is 6.54 Å². The van der Waals surface area contributed by atoms with E-state index in [9.17, 15) is 19.1 Å². The largest absolute Gasteiger partial charge is 0.478 e. The van der Waals surface area contributed by atoms with Crippen LogP contribution in [0, 0.1) is 5.82 Å². The minimum atomic E-state index is -1.10. The first kappa shape index (κ1) is 17.2. The lowest BCUT2D eigenvalue weighted by atomic mass is 10.0. The standard InChI is InChI=1S/C19H20FNO4/c1-2-16-15(19(23)24)11-17(25-16)18(22)21-8-4-7-14(21)10-12-5-3-6-13(20)9-12/h3,5-6,9,11,14H,2,4,7-8,10H2,1H3,(H,23,24). The molecule has 0 radical (unpaired) electrons. The van der Waals surface area contributed by atoms with Crippen LogP contribution in [-0.4, -0.2) is 34.5 Å². The number of aromatic carboxylic acids is 1. The van der Waals surface area contributed by atoms with E-state index in [4.69, 9.17) is 4.42 Å². The maximum atomic E-state index is 13.4. The van der Waals surface area contributed by atoms with Crippen molar-refractivity contribution in [1.29, 1.82) is 0 Å². The molecule has 132 valence electrons. The molecular weight excluding hydrogens is 325 g/mol. The Morgan fingerprint density at radius 3 is 2.80 bits per heavy atom. The van der Waals surface area contributed by atoms with Crippen molar-refractivity contribution in [1.82, 2.24) is 4.90 Å². The zero-order chi connectivity index (χ0) is 18.0. The number of hydrogen-bond acceptors (Lipinski definition) is 3. The number of likely N-dealkylation sites (tertiary alicyclic amines) is 1. The summed E-state index contributed by atoms with van der Waals surface area (Å²) >= 11 is 0.